The highest BCUT2D eigenvalue weighted by Crippen LogP contribution is 2.40. The topological polar surface area (TPSA) is 76.5 Å². The first-order valence-corrected chi connectivity index (χ1v) is 12.5. The van der Waals surface area contributed by atoms with Gasteiger partial charge in [0, 0.05) is 12.1 Å². The van der Waals surface area contributed by atoms with E-state index in [9.17, 15) is 9.59 Å². The van der Waals surface area contributed by atoms with Crippen LogP contribution < -0.4 is 15.0 Å². The van der Waals surface area contributed by atoms with Crippen molar-refractivity contribution < 1.29 is 14.3 Å². The SMILES string of the molecule is COc1ccc(C(=O)N2CCC(NC(=O)c3ccccc3Cl)c3c2cnn3C2CCCC2)cc1Cl. The molecule has 7 nitrogen and oxygen atoms in total. The van der Waals surface area contributed by atoms with E-state index in [4.69, 9.17) is 33.0 Å². The maximum absolute atomic E-state index is 13.5. The molecule has 2 aromatic carbocycles. The Morgan fingerprint density at radius 3 is 2.54 bits per heavy atom. The average Bonchev–Trinajstić information content (AvgIpc) is 3.54. The number of rotatable bonds is 5. The highest BCUT2D eigenvalue weighted by molar-refractivity contribution is 6.34. The number of carbonyl (C=O) groups is 2. The van der Waals surface area contributed by atoms with Crippen molar-refractivity contribution in [3.63, 3.8) is 0 Å². The molecule has 1 aliphatic heterocycles. The number of hydrogen-bond donors (Lipinski definition) is 1. The van der Waals surface area contributed by atoms with E-state index >= 15 is 0 Å². The van der Waals surface area contributed by atoms with Gasteiger partial charge in [-0.25, -0.2) is 0 Å². The molecule has 1 aromatic heterocycles. The number of methoxy groups -OCH3 is 1. The summed E-state index contributed by atoms with van der Waals surface area (Å²) in [6.45, 7) is 0.430. The summed E-state index contributed by atoms with van der Waals surface area (Å²) in [7, 11) is 1.54. The lowest BCUT2D eigenvalue weighted by molar-refractivity contribution is 0.0930. The summed E-state index contributed by atoms with van der Waals surface area (Å²) in [6, 6.07) is 12.0. The van der Waals surface area contributed by atoms with E-state index < -0.39 is 0 Å². The molecule has 0 spiro atoms. The average molecular weight is 513 g/mol. The monoisotopic (exact) mass is 512 g/mol. The van der Waals surface area contributed by atoms with Crippen LogP contribution in [0.4, 0.5) is 5.69 Å². The second-order valence-corrected chi connectivity index (χ2v) is 9.71. The zero-order valence-corrected chi connectivity index (χ0v) is 20.9. The molecule has 182 valence electrons. The number of amides is 2. The first-order valence-electron chi connectivity index (χ1n) is 11.8. The van der Waals surface area contributed by atoms with Gasteiger partial charge in [0.05, 0.1) is 52.4 Å². The van der Waals surface area contributed by atoms with Crippen LogP contribution in [-0.4, -0.2) is 35.2 Å². The largest absolute Gasteiger partial charge is 0.495 e. The molecule has 2 heterocycles. The van der Waals surface area contributed by atoms with Gasteiger partial charge in [-0.2, -0.15) is 5.10 Å². The third-order valence-corrected chi connectivity index (χ3v) is 7.44. The van der Waals surface area contributed by atoms with Crippen LogP contribution in [0.3, 0.4) is 0 Å². The van der Waals surface area contributed by atoms with Crippen molar-refractivity contribution in [2.24, 2.45) is 0 Å². The number of aromatic nitrogens is 2. The van der Waals surface area contributed by atoms with Gasteiger partial charge in [0.1, 0.15) is 5.75 Å². The summed E-state index contributed by atoms with van der Waals surface area (Å²) >= 11 is 12.6. The molecule has 1 atom stereocenters. The first-order chi connectivity index (χ1) is 17.0. The molecular weight excluding hydrogens is 487 g/mol. The van der Waals surface area contributed by atoms with E-state index in [-0.39, 0.29) is 23.9 Å². The summed E-state index contributed by atoms with van der Waals surface area (Å²) < 4.78 is 7.23. The first kappa shape index (κ1) is 23.7. The number of nitrogens with zero attached hydrogens (tertiary/aromatic N) is 3. The third kappa shape index (κ3) is 4.50. The fraction of sp³-hybridized carbons (Fsp3) is 0.346. The Balaban J connectivity index is 1.49. The molecule has 5 rings (SSSR count). The Morgan fingerprint density at radius 1 is 1.06 bits per heavy atom. The zero-order valence-electron chi connectivity index (χ0n) is 19.3. The molecule has 1 aliphatic carbocycles. The minimum atomic E-state index is -0.291. The van der Waals surface area contributed by atoms with Gasteiger partial charge in [-0.3, -0.25) is 14.3 Å². The minimum Gasteiger partial charge on any atom is -0.495 e. The van der Waals surface area contributed by atoms with Crippen LogP contribution in [0.5, 0.6) is 5.75 Å². The number of hydrogen-bond acceptors (Lipinski definition) is 4. The molecule has 1 saturated carbocycles. The van der Waals surface area contributed by atoms with Crippen LogP contribution in [0.15, 0.2) is 48.7 Å². The zero-order chi connectivity index (χ0) is 24.5. The lowest BCUT2D eigenvalue weighted by atomic mass is 10.0. The summed E-state index contributed by atoms with van der Waals surface area (Å²) in [5.41, 5.74) is 2.46. The molecule has 1 unspecified atom stereocenters. The number of benzene rings is 2. The van der Waals surface area contributed by atoms with Crippen LogP contribution in [0.2, 0.25) is 10.0 Å². The second-order valence-electron chi connectivity index (χ2n) is 8.90. The van der Waals surface area contributed by atoms with Crippen molar-refractivity contribution in [3.05, 3.63) is 75.5 Å². The number of halogens is 2. The molecular formula is C26H26Cl2N4O3. The maximum Gasteiger partial charge on any atom is 0.258 e. The number of ether oxygens (including phenoxy) is 1. The normalized spacial score (nSPS) is 17.8. The van der Waals surface area contributed by atoms with Gasteiger partial charge in [0.15, 0.2) is 0 Å². The van der Waals surface area contributed by atoms with E-state index in [2.05, 4.69) is 5.32 Å². The Morgan fingerprint density at radius 2 is 1.83 bits per heavy atom. The van der Waals surface area contributed by atoms with Crippen LogP contribution in [0.25, 0.3) is 0 Å². The molecule has 3 aromatic rings. The third-order valence-electron chi connectivity index (χ3n) is 6.81. The summed E-state index contributed by atoms with van der Waals surface area (Å²) in [5, 5.41) is 8.62. The van der Waals surface area contributed by atoms with Crippen molar-refractivity contribution in [3.8, 4) is 5.75 Å². The van der Waals surface area contributed by atoms with Crippen LogP contribution in [0.1, 0.15) is 70.6 Å². The van der Waals surface area contributed by atoms with Gasteiger partial charge in [-0.05, 0) is 49.6 Å². The molecule has 0 radical (unpaired) electrons. The van der Waals surface area contributed by atoms with Crippen LogP contribution in [0, 0.1) is 0 Å². The van der Waals surface area contributed by atoms with E-state index in [0.717, 1.165) is 31.4 Å². The molecule has 0 bridgehead atoms. The second kappa shape index (κ2) is 9.91. The van der Waals surface area contributed by atoms with E-state index in [1.807, 2.05) is 4.68 Å². The highest BCUT2D eigenvalue weighted by Gasteiger charge is 2.36. The number of carbonyl (C=O) groups excluding carboxylic acids is 2. The van der Waals surface area contributed by atoms with Crippen molar-refractivity contribution in [1.29, 1.82) is 0 Å². The van der Waals surface area contributed by atoms with E-state index in [1.54, 1.807) is 53.6 Å². The Hall–Kier alpha value is -3.03. The van der Waals surface area contributed by atoms with Gasteiger partial charge in [0.25, 0.3) is 11.8 Å². The lowest BCUT2D eigenvalue weighted by Gasteiger charge is -2.34. The summed E-state index contributed by atoms with van der Waals surface area (Å²) in [5.74, 6) is 0.101. The molecule has 0 saturated heterocycles. The predicted molar refractivity (Wildman–Crippen MR) is 136 cm³/mol. The van der Waals surface area contributed by atoms with Gasteiger partial charge in [-0.15, -0.1) is 0 Å². The summed E-state index contributed by atoms with van der Waals surface area (Å²) in [4.78, 5) is 28.4. The molecule has 1 N–H and O–H groups in total. The molecule has 2 aliphatic rings. The van der Waals surface area contributed by atoms with E-state index in [0.29, 0.717) is 45.6 Å². The Bertz CT molecular complexity index is 1270. The Kier molecular flexibility index (Phi) is 6.71. The molecule has 35 heavy (non-hydrogen) atoms. The maximum atomic E-state index is 13.5. The van der Waals surface area contributed by atoms with Crippen molar-refractivity contribution in [2.75, 3.05) is 18.6 Å². The number of anilines is 1. The van der Waals surface area contributed by atoms with Gasteiger partial charge in [-0.1, -0.05) is 48.2 Å². The molecule has 2 amide bonds. The molecule has 1 fully saturated rings. The minimum absolute atomic E-state index is 0.169. The Labute approximate surface area is 214 Å². The van der Waals surface area contributed by atoms with Crippen LogP contribution >= 0.6 is 23.2 Å². The molecule has 9 heteroatoms. The quantitative estimate of drug-likeness (QED) is 0.466. The standard InChI is InChI=1S/C26H26Cl2N4O3/c1-35-23-11-10-16(14-20(23)28)26(34)31-13-12-21(30-25(33)18-8-4-5-9-19(18)27)24-22(31)15-29-32(24)17-6-2-3-7-17/h4-5,8-11,14-15,17,21H,2-3,6-7,12-13H2,1H3,(H,30,33). The van der Waals surface area contributed by atoms with Gasteiger partial charge >= 0.3 is 0 Å². The fourth-order valence-electron chi connectivity index (χ4n) is 5.05. The van der Waals surface area contributed by atoms with E-state index in [1.165, 1.54) is 7.11 Å². The number of fused-ring (bicyclic) bond motifs is 1. The van der Waals surface area contributed by atoms with Gasteiger partial charge in [0.2, 0.25) is 0 Å². The fourth-order valence-corrected chi connectivity index (χ4v) is 5.53. The smallest absolute Gasteiger partial charge is 0.258 e. The van der Waals surface area contributed by atoms with Gasteiger partial charge < -0.3 is 15.0 Å². The number of nitrogens with one attached hydrogen (secondary N) is 1. The van der Waals surface area contributed by atoms with Crippen molar-refractivity contribution in [2.45, 2.75) is 44.2 Å². The lowest BCUT2D eigenvalue weighted by Crippen LogP contribution is -2.42. The summed E-state index contributed by atoms with van der Waals surface area (Å²) in [6.07, 6.45) is 6.64. The van der Waals surface area contributed by atoms with Crippen molar-refractivity contribution in [1.82, 2.24) is 15.1 Å². The predicted octanol–water partition coefficient (Wildman–Crippen LogP) is 5.84. The van der Waals surface area contributed by atoms with Crippen molar-refractivity contribution >= 4 is 40.7 Å². The van der Waals surface area contributed by atoms with Crippen LogP contribution in [-0.2, 0) is 0 Å². The highest BCUT2D eigenvalue weighted by atomic mass is 35.5.